The van der Waals surface area contributed by atoms with Crippen molar-refractivity contribution in [3.8, 4) is 11.5 Å². The average Bonchev–Trinajstić information content (AvgIpc) is 2.49. The molecule has 0 spiro atoms. The second kappa shape index (κ2) is 3.97. The molecule has 0 fully saturated rings. The highest BCUT2D eigenvalue weighted by Gasteiger charge is 2.15. The van der Waals surface area contributed by atoms with Crippen LogP contribution in [0.15, 0.2) is 36.4 Å². The number of halogens is 1. The highest BCUT2D eigenvalue weighted by molar-refractivity contribution is 6.30. The molecule has 0 bridgehead atoms. The number of rotatable bonds is 0. The molecule has 1 aliphatic heterocycles. The number of anilines is 1. The molecular weight excluding hydrogens is 234 g/mol. The zero-order valence-corrected chi connectivity index (χ0v) is 10.2. The van der Waals surface area contributed by atoms with Crippen LogP contribution in [0.5, 0.6) is 11.5 Å². The largest absolute Gasteiger partial charge is 0.455 e. The minimum Gasteiger partial charge on any atom is -0.455 e. The van der Waals surface area contributed by atoms with Gasteiger partial charge >= 0.3 is 0 Å². The van der Waals surface area contributed by atoms with E-state index in [1.165, 1.54) is 0 Å². The Morgan fingerprint density at radius 2 is 2.12 bits per heavy atom. The Kier molecular flexibility index (Phi) is 2.45. The molecule has 2 aromatic rings. The first kappa shape index (κ1) is 10.5. The van der Waals surface area contributed by atoms with Gasteiger partial charge in [-0.2, -0.15) is 0 Å². The van der Waals surface area contributed by atoms with Gasteiger partial charge in [-0.3, -0.25) is 0 Å². The minimum atomic E-state index is 0.683. The Morgan fingerprint density at radius 3 is 3.00 bits per heavy atom. The van der Waals surface area contributed by atoms with Crippen LogP contribution in [0.4, 0.5) is 5.69 Å². The zero-order valence-electron chi connectivity index (χ0n) is 9.46. The third-order valence-corrected chi connectivity index (χ3v) is 3.15. The first-order valence-electron chi connectivity index (χ1n) is 5.54. The molecule has 86 valence electrons. The number of aryl methyl sites for hydroxylation is 1. The highest BCUT2D eigenvalue weighted by Crippen LogP contribution is 2.38. The van der Waals surface area contributed by atoms with Gasteiger partial charge in [0.15, 0.2) is 5.75 Å². The Labute approximate surface area is 105 Å². The van der Waals surface area contributed by atoms with Crippen LogP contribution < -0.4 is 10.1 Å². The molecule has 0 radical (unpaired) electrons. The first-order chi connectivity index (χ1) is 8.24. The van der Waals surface area contributed by atoms with Crippen molar-refractivity contribution in [2.24, 2.45) is 0 Å². The molecule has 3 heteroatoms. The monoisotopic (exact) mass is 245 g/mol. The minimum absolute atomic E-state index is 0.683. The summed E-state index contributed by atoms with van der Waals surface area (Å²) in [6.45, 7) is 2.82. The summed E-state index contributed by atoms with van der Waals surface area (Å²) < 4.78 is 5.97. The van der Waals surface area contributed by atoms with E-state index >= 15 is 0 Å². The second-order valence-electron chi connectivity index (χ2n) is 4.16. The van der Waals surface area contributed by atoms with Crippen LogP contribution in [0, 0.1) is 6.92 Å². The van der Waals surface area contributed by atoms with Crippen LogP contribution in [-0.2, 0) is 6.54 Å². The summed E-state index contributed by atoms with van der Waals surface area (Å²) in [5.41, 5.74) is 3.28. The summed E-state index contributed by atoms with van der Waals surface area (Å²) in [6.07, 6.45) is 0. The molecule has 2 aromatic carbocycles. The summed E-state index contributed by atoms with van der Waals surface area (Å²) in [6, 6.07) is 11.8. The second-order valence-corrected chi connectivity index (χ2v) is 4.60. The quantitative estimate of drug-likeness (QED) is 0.744. The molecule has 0 aromatic heterocycles. The van der Waals surface area contributed by atoms with Gasteiger partial charge in [-0.1, -0.05) is 29.8 Å². The molecule has 17 heavy (non-hydrogen) atoms. The number of hydrogen-bond acceptors (Lipinski definition) is 2. The maximum absolute atomic E-state index is 5.99. The van der Waals surface area contributed by atoms with Crippen molar-refractivity contribution >= 4 is 17.3 Å². The van der Waals surface area contributed by atoms with Crippen LogP contribution in [-0.4, -0.2) is 0 Å². The number of nitrogens with one attached hydrogen (secondary N) is 1. The van der Waals surface area contributed by atoms with E-state index in [2.05, 4.69) is 11.4 Å². The predicted octanol–water partition coefficient (Wildman–Crippen LogP) is 4.37. The molecule has 0 saturated carbocycles. The molecule has 1 aliphatic rings. The van der Waals surface area contributed by atoms with Gasteiger partial charge in [-0.05, 0) is 24.6 Å². The van der Waals surface area contributed by atoms with E-state index in [0.29, 0.717) is 5.02 Å². The number of benzene rings is 2. The molecular formula is C14H12ClNO. The predicted molar refractivity (Wildman–Crippen MR) is 70.0 cm³/mol. The lowest BCUT2D eigenvalue weighted by Gasteiger charge is -2.10. The van der Waals surface area contributed by atoms with E-state index in [9.17, 15) is 0 Å². The topological polar surface area (TPSA) is 21.3 Å². The van der Waals surface area contributed by atoms with Crippen LogP contribution in [0.3, 0.4) is 0 Å². The van der Waals surface area contributed by atoms with Crippen molar-refractivity contribution in [3.63, 3.8) is 0 Å². The lowest BCUT2D eigenvalue weighted by molar-refractivity contribution is 0.480. The van der Waals surface area contributed by atoms with Crippen molar-refractivity contribution in [3.05, 3.63) is 52.5 Å². The highest BCUT2D eigenvalue weighted by atomic mass is 35.5. The van der Waals surface area contributed by atoms with E-state index < -0.39 is 0 Å². The van der Waals surface area contributed by atoms with Gasteiger partial charge in [0.1, 0.15) is 5.75 Å². The van der Waals surface area contributed by atoms with Crippen molar-refractivity contribution < 1.29 is 4.74 Å². The molecule has 0 atom stereocenters. The van der Waals surface area contributed by atoms with Crippen LogP contribution in [0.25, 0.3) is 0 Å². The number of para-hydroxylation sites is 1. The number of hydrogen-bond donors (Lipinski definition) is 1. The summed E-state index contributed by atoms with van der Waals surface area (Å²) >= 11 is 5.99. The summed E-state index contributed by atoms with van der Waals surface area (Å²) in [5, 5.41) is 4.04. The van der Waals surface area contributed by atoms with E-state index in [1.54, 1.807) is 0 Å². The van der Waals surface area contributed by atoms with Crippen molar-refractivity contribution in [1.29, 1.82) is 0 Å². The third kappa shape index (κ3) is 1.85. The van der Waals surface area contributed by atoms with Gasteiger partial charge in [-0.15, -0.1) is 0 Å². The Hall–Kier alpha value is -1.67. The summed E-state index contributed by atoms with van der Waals surface area (Å²) in [5.74, 6) is 1.71. The molecule has 0 amide bonds. The smallest absolute Gasteiger partial charge is 0.152 e. The van der Waals surface area contributed by atoms with Crippen LogP contribution in [0.2, 0.25) is 5.02 Å². The normalized spacial score (nSPS) is 12.8. The Bertz CT molecular complexity index is 580. The van der Waals surface area contributed by atoms with E-state index in [4.69, 9.17) is 16.3 Å². The molecule has 3 rings (SSSR count). The van der Waals surface area contributed by atoms with E-state index in [1.807, 2.05) is 37.3 Å². The van der Waals surface area contributed by atoms with E-state index in [-0.39, 0.29) is 0 Å². The van der Waals surface area contributed by atoms with Crippen LogP contribution in [0.1, 0.15) is 11.1 Å². The van der Waals surface area contributed by atoms with Gasteiger partial charge < -0.3 is 10.1 Å². The molecule has 0 aliphatic carbocycles. The van der Waals surface area contributed by atoms with Crippen molar-refractivity contribution in [2.75, 3.05) is 5.32 Å². The maximum atomic E-state index is 5.99. The summed E-state index contributed by atoms with van der Waals surface area (Å²) in [7, 11) is 0. The van der Waals surface area contributed by atoms with Gasteiger partial charge in [0.05, 0.1) is 5.69 Å². The van der Waals surface area contributed by atoms with Gasteiger partial charge in [-0.25, -0.2) is 0 Å². The van der Waals surface area contributed by atoms with Gasteiger partial charge in [0.2, 0.25) is 0 Å². The van der Waals surface area contributed by atoms with Crippen LogP contribution >= 0.6 is 11.6 Å². The fourth-order valence-corrected chi connectivity index (χ4v) is 2.19. The lowest BCUT2D eigenvalue weighted by atomic mass is 10.1. The average molecular weight is 246 g/mol. The zero-order chi connectivity index (χ0) is 11.8. The number of fused-ring (bicyclic) bond motifs is 2. The molecule has 1 heterocycles. The Morgan fingerprint density at radius 1 is 1.24 bits per heavy atom. The Balaban J connectivity index is 2.13. The fraction of sp³-hybridized carbons (Fsp3) is 0.143. The molecule has 1 N–H and O–H groups in total. The van der Waals surface area contributed by atoms with Gasteiger partial charge in [0.25, 0.3) is 0 Å². The fourth-order valence-electron chi connectivity index (χ4n) is 2.03. The number of ether oxygens (including phenoxy) is 1. The maximum Gasteiger partial charge on any atom is 0.152 e. The van der Waals surface area contributed by atoms with Crippen molar-refractivity contribution in [2.45, 2.75) is 13.5 Å². The van der Waals surface area contributed by atoms with E-state index in [0.717, 1.165) is 34.9 Å². The summed E-state index contributed by atoms with van der Waals surface area (Å²) in [4.78, 5) is 0. The SMILES string of the molecule is Cc1cccc2c1Oc1cc(Cl)ccc1NC2. The third-order valence-electron chi connectivity index (χ3n) is 2.92. The molecule has 0 saturated heterocycles. The first-order valence-corrected chi connectivity index (χ1v) is 5.91. The molecule has 2 nitrogen and oxygen atoms in total. The van der Waals surface area contributed by atoms with Gasteiger partial charge in [0, 0.05) is 23.2 Å². The standard InChI is InChI=1S/C14H12ClNO/c1-9-3-2-4-10-8-16-12-6-5-11(15)7-13(12)17-14(9)10/h2-7,16H,8H2,1H3. The molecule has 0 unspecified atom stereocenters. The van der Waals surface area contributed by atoms with Crippen molar-refractivity contribution in [1.82, 2.24) is 0 Å². The lowest BCUT2D eigenvalue weighted by Crippen LogP contribution is -1.97.